The first-order chi connectivity index (χ1) is 11.5. The van der Waals surface area contributed by atoms with Gasteiger partial charge in [-0.2, -0.15) is 0 Å². The predicted octanol–water partition coefficient (Wildman–Crippen LogP) is 3.00. The molecule has 0 radical (unpaired) electrons. The normalized spacial score (nSPS) is 12.0. The fourth-order valence-electron chi connectivity index (χ4n) is 2.24. The number of nitrogens with zero attached hydrogens (tertiary/aromatic N) is 1. The Bertz CT molecular complexity index is 807. The Hall–Kier alpha value is -3.16. The molecule has 0 atom stereocenters. The van der Waals surface area contributed by atoms with Gasteiger partial charge >= 0.3 is 11.7 Å². The fraction of sp³-hybridized carbons (Fsp3) is 0.188. The molecule has 2 aromatic rings. The van der Waals surface area contributed by atoms with Crippen molar-refractivity contribution in [2.24, 2.45) is 0 Å². The number of halogens is 1. The molecule has 1 aliphatic rings. The minimum absolute atomic E-state index is 0.0205. The van der Waals surface area contributed by atoms with Gasteiger partial charge in [-0.1, -0.05) is 6.07 Å². The molecule has 7 nitrogen and oxygen atoms in total. The van der Waals surface area contributed by atoms with Crippen LogP contribution >= 0.6 is 0 Å². The van der Waals surface area contributed by atoms with Gasteiger partial charge in [-0.3, -0.25) is 14.9 Å². The first-order valence-electron chi connectivity index (χ1n) is 7.06. The third kappa shape index (κ3) is 3.43. The van der Waals surface area contributed by atoms with Crippen LogP contribution in [0.5, 0.6) is 17.2 Å². The second kappa shape index (κ2) is 6.53. The lowest BCUT2D eigenvalue weighted by molar-refractivity contribution is -0.385. The Morgan fingerprint density at radius 2 is 2.00 bits per heavy atom. The summed E-state index contributed by atoms with van der Waals surface area (Å²) in [6.07, 6.45) is 0.325. The number of aryl methyl sites for hydroxylation is 1. The van der Waals surface area contributed by atoms with E-state index in [0.29, 0.717) is 17.9 Å². The molecule has 24 heavy (non-hydrogen) atoms. The Balaban J connectivity index is 1.64. The van der Waals surface area contributed by atoms with Gasteiger partial charge in [-0.05, 0) is 30.2 Å². The molecule has 3 rings (SSSR count). The number of fused-ring (bicyclic) bond motifs is 1. The highest BCUT2D eigenvalue weighted by atomic mass is 19.1. The van der Waals surface area contributed by atoms with Crippen molar-refractivity contribution < 1.29 is 28.3 Å². The molecule has 0 bridgehead atoms. The zero-order valence-electron chi connectivity index (χ0n) is 12.4. The van der Waals surface area contributed by atoms with Crippen LogP contribution in [-0.2, 0) is 11.2 Å². The Morgan fingerprint density at radius 3 is 2.79 bits per heavy atom. The highest BCUT2D eigenvalue weighted by molar-refractivity contribution is 5.74. The number of nitro benzene ring substituents is 1. The number of esters is 1. The number of ether oxygens (including phenoxy) is 3. The molecule has 0 saturated heterocycles. The van der Waals surface area contributed by atoms with E-state index in [0.717, 1.165) is 23.8 Å². The third-order valence-corrected chi connectivity index (χ3v) is 3.40. The summed E-state index contributed by atoms with van der Waals surface area (Å²) in [6, 6.07) is 7.97. The Labute approximate surface area is 135 Å². The first kappa shape index (κ1) is 15.7. The van der Waals surface area contributed by atoms with Gasteiger partial charge in [0.25, 0.3) is 0 Å². The van der Waals surface area contributed by atoms with Gasteiger partial charge in [0.05, 0.1) is 4.92 Å². The van der Waals surface area contributed by atoms with Crippen LogP contribution in [0.3, 0.4) is 0 Å². The van der Waals surface area contributed by atoms with Crippen LogP contribution in [0, 0.1) is 15.9 Å². The van der Waals surface area contributed by atoms with Crippen LogP contribution in [0.25, 0.3) is 0 Å². The third-order valence-electron chi connectivity index (χ3n) is 3.40. The maximum absolute atomic E-state index is 13.2. The fourth-order valence-corrected chi connectivity index (χ4v) is 2.24. The maximum Gasteiger partial charge on any atom is 0.311 e. The molecule has 2 aromatic carbocycles. The lowest BCUT2D eigenvalue weighted by Gasteiger charge is -2.06. The molecule has 124 valence electrons. The van der Waals surface area contributed by atoms with Crippen molar-refractivity contribution in [2.75, 3.05) is 6.79 Å². The molecule has 0 amide bonds. The average Bonchev–Trinajstić information content (AvgIpc) is 3.00. The van der Waals surface area contributed by atoms with E-state index in [9.17, 15) is 19.3 Å². The van der Waals surface area contributed by atoms with E-state index in [1.54, 1.807) is 18.2 Å². The minimum Gasteiger partial charge on any atom is -0.454 e. The van der Waals surface area contributed by atoms with E-state index < -0.39 is 28.1 Å². The summed E-state index contributed by atoms with van der Waals surface area (Å²) < 4.78 is 28.6. The number of benzene rings is 2. The number of rotatable bonds is 5. The summed E-state index contributed by atoms with van der Waals surface area (Å²) in [6.45, 7) is 0.157. The summed E-state index contributed by atoms with van der Waals surface area (Å²) in [5.41, 5.74) is 0.359. The summed E-state index contributed by atoms with van der Waals surface area (Å²) in [4.78, 5) is 22.0. The second-order valence-electron chi connectivity index (χ2n) is 5.03. The monoisotopic (exact) mass is 333 g/mol. The molecule has 0 spiro atoms. The largest absolute Gasteiger partial charge is 0.454 e. The summed E-state index contributed by atoms with van der Waals surface area (Å²) in [5.74, 6) is -0.588. The van der Waals surface area contributed by atoms with Crippen LogP contribution in [0.1, 0.15) is 12.0 Å². The van der Waals surface area contributed by atoms with Gasteiger partial charge < -0.3 is 14.2 Å². The van der Waals surface area contributed by atoms with Gasteiger partial charge in [0.2, 0.25) is 12.5 Å². The lowest BCUT2D eigenvalue weighted by atomic mass is 10.1. The smallest absolute Gasteiger partial charge is 0.311 e. The van der Waals surface area contributed by atoms with Gasteiger partial charge in [0, 0.05) is 18.6 Å². The van der Waals surface area contributed by atoms with Crippen LogP contribution in [0.15, 0.2) is 36.4 Å². The molecule has 0 saturated carbocycles. The number of nitro groups is 1. The molecule has 0 aromatic heterocycles. The van der Waals surface area contributed by atoms with Gasteiger partial charge in [-0.15, -0.1) is 0 Å². The van der Waals surface area contributed by atoms with Gasteiger partial charge in [0.1, 0.15) is 5.82 Å². The van der Waals surface area contributed by atoms with Gasteiger partial charge in [-0.25, -0.2) is 4.39 Å². The van der Waals surface area contributed by atoms with Crippen LogP contribution in [0.2, 0.25) is 0 Å². The summed E-state index contributed by atoms with van der Waals surface area (Å²) in [5, 5.41) is 10.9. The summed E-state index contributed by atoms with van der Waals surface area (Å²) >= 11 is 0. The molecule has 1 aliphatic heterocycles. The van der Waals surface area contributed by atoms with E-state index in [4.69, 9.17) is 14.2 Å². The van der Waals surface area contributed by atoms with Crippen molar-refractivity contribution in [3.63, 3.8) is 0 Å². The zero-order valence-corrected chi connectivity index (χ0v) is 12.4. The quantitative estimate of drug-likeness (QED) is 0.362. The van der Waals surface area contributed by atoms with E-state index in [1.165, 1.54) is 0 Å². The minimum atomic E-state index is -0.736. The van der Waals surface area contributed by atoms with Crippen molar-refractivity contribution in [1.29, 1.82) is 0 Å². The molecular weight excluding hydrogens is 321 g/mol. The van der Waals surface area contributed by atoms with Crippen molar-refractivity contribution in [1.82, 2.24) is 0 Å². The molecular formula is C16H12FNO6. The Kier molecular flexibility index (Phi) is 4.28. The summed E-state index contributed by atoms with van der Waals surface area (Å²) in [7, 11) is 0. The van der Waals surface area contributed by atoms with Crippen LogP contribution in [0.4, 0.5) is 10.1 Å². The standard InChI is InChI=1S/C16H12FNO6/c17-11-3-4-12(18(20)21)14(8-11)24-16(19)6-2-10-1-5-13-15(7-10)23-9-22-13/h1,3-5,7-8H,2,6,9H2. The van der Waals surface area contributed by atoms with Crippen LogP contribution in [-0.4, -0.2) is 17.7 Å². The maximum atomic E-state index is 13.2. The molecule has 0 aliphatic carbocycles. The van der Waals surface area contributed by atoms with E-state index >= 15 is 0 Å². The first-order valence-corrected chi connectivity index (χ1v) is 7.06. The van der Waals surface area contributed by atoms with Crippen molar-refractivity contribution >= 4 is 11.7 Å². The number of carbonyl (C=O) groups is 1. The molecule has 8 heteroatoms. The molecule has 0 N–H and O–H groups in total. The highest BCUT2D eigenvalue weighted by Crippen LogP contribution is 2.33. The number of hydrogen-bond donors (Lipinski definition) is 0. The van der Waals surface area contributed by atoms with E-state index in [2.05, 4.69) is 0 Å². The average molecular weight is 333 g/mol. The number of carbonyl (C=O) groups excluding carboxylic acids is 1. The molecule has 0 unspecified atom stereocenters. The van der Waals surface area contributed by atoms with E-state index in [-0.39, 0.29) is 13.2 Å². The lowest BCUT2D eigenvalue weighted by Crippen LogP contribution is -2.10. The van der Waals surface area contributed by atoms with Crippen molar-refractivity contribution in [2.45, 2.75) is 12.8 Å². The predicted molar refractivity (Wildman–Crippen MR) is 79.6 cm³/mol. The SMILES string of the molecule is O=C(CCc1ccc2c(c1)OCO2)Oc1cc(F)ccc1[N+](=O)[O-]. The van der Waals surface area contributed by atoms with Gasteiger partial charge in [0.15, 0.2) is 11.5 Å². The van der Waals surface area contributed by atoms with Crippen molar-refractivity contribution in [3.8, 4) is 17.2 Å². The Morgan fingerprint density at radius 1 is 1.21 bits per heavy atom. The second-order valence-corrected chi connectivity index (χ2v) is 5.03. The molecule has 1 heterocycles. The topological polar surface area (TPSA) is 87.9 Å². The van der Waals surface area contributed by atoms with Crippen molar-refractivity contribution in [3.05, 3.63) is 57.9 Å². The number of hydrogen-bond acceptors (Lipinski definition) is 6. The van der Waals surface area contributed by atoms with E-state index in [1.807, 2.05) is 0 Å². The molecule has 0 fully saturated rings. The zero-order chi connectivity index (χ0) is 17.1. The highest BCUT2D eigenvalue weighted by Gasteiger charge is 2.19. The van der Waals surface area contributed by atoms with Crippen LogP contribution < -0.4 is 14.2 Å².